The number of halogens is 2. The summed E-state index contributed by atoms with van der Waals surface area (Å²) in [5.41, 5.74) is 4.18. The normalized spacial score (nSPS) is 11.5. The minimum absolute atomic E-state index is 0.714. The molecule has 0 bridgehead atoms. The van der Waals surface area contributed by atoms with E-state index < -0.39 is 0 Å². The Morgan fingerprint density at radius 1 is 1.00 bits per heavy atom. The molecule has 0 saturated carbocycles. The van der Waals surface area contributed by atoms with Gasteiger partial charge < -0.3 is 4.42 Å². The fourth-order valence-corrected chi connectivity index (χ4v) is 3.15. The molecule has 0 radical (unpaired) electrons. The van der Waals surface area contributed by atoms with E-state index in [0.29, 0.717) is 5.02 Å². The number of aryl methyl sites for hydroxylation is 2. The number of benzene rings is 2. The molecule has 3 aromatic rings. The molecule has 0 fully saturated rings. The van der Waals surface area contributed by atoms with E-state index >= 15 is 0 Å². The monoisotopic (exact) mass is 308 g/mol. The predicted molar refractivity (Wildman–Crippen MR) is 75.9 cm³/mol. The lowest BCUT2D eigenvalue weighted by molar-refractivity contribution is 0.663. The maximum atomic E-state index is 6.09. The average Bonchev–Trinajstić information content (AvgIpc) is 2.58. The Labute approximate surface area is 112 Å². The smallest absolute Gasteiger partial charge is 0.149 e. The van der Waals surface area contributed by atoms with E-state index in [-0.39, 0.29) is 0 Å². The van der Waals surface area contributed by atoms with Crippen molar-refractivity contribution in [1.82, 2.24) is 0 Å². The lowest BCUT2D eigenvalue weighted by Gasteiger charge is -1.97. The van der Waals surface area contributed by atoms with Crippen LogP contribution in [0, 0.1) is 13.8 Å². The molecule has 0 saturated heterocycles. The molecule has 17 heavy (non-hydrogen) atoms. The minimum Gasteiger partial charge on any atom is -0.455 e. The van der Waals surface area contributed by atoms with Crippen LogP contribution >= 0.6 is 27.5 Å². The van der Waals surface area contributed by atoms with Gasteiger partial charge in [0.25, 0.3) is 0 Å². The topological polar surface area (TPSA) is 13.1 Å². The van der Waals surface area contributed by atoms with Crippen molar-refractivity contribution in [3.05, 3.63) is 44.9 Å². The summed E-state index contributed by atoms with van der Waals surface area (Å²) in [6.07, 6.45) is 0. The predicted octanol–water partition coefficient (Wildman–Crippen LogP) is 5.62. The van der Waals surface area contributed by atoms with Gasteiger partial charge >= 0.3 is 0 Å². The fourth-order valence-electron chi connectivity index (χ4n) is 2.26. The molecule has 2 aromatic carbocycles. The van der Waals surface area contributed by atoms with Gasteiger partial charge in [0.1, 0.15) is 11.2 Å². The third-order valence-corrected chi connectivity index (χ3v) is 3.73. The third kappa shape index (κ3) is 1.67. The highest BCUT2D eigenvalue weighted by atomic mass is 79.9. The van der Waals surface area contributed by atoms with Crippen LogP contribution in [-0.4, -0.2) is 0 Å². The van der Waals surface area contributed by atoms with Gasteiger partial charge in [-0.25, -0.2) is 0 Å². The van der Waals surface area contributed by atoms with E-state index in [1.54, 1.807) is 0 Å². The van der Waals surface area contributed by atoms with Crippen LogP contribution in [0.25, 0.3) is 21.9 Å². The molecule has 0 spiro atoms. The second kappa shape index (κ2) is 3.76. The Morgan fingerprint density at radius 3 is 2.47 bits per heavy atom. The minimum atomic E-state index is 0.714. The first-order valence-corrected chi connectivity index (χ1v) is 6.52. The van der Waals surface area contributed by atoms with Crippen molar-refractivity contribution >= 4 is 49.5 Å². The van der Waals surface area contributed by atoms with E-state index in [0.717, 1.165) is 32.0 Å². The molecule has 0 amide bonds. The largest absolute Gasteiger partial charge is 0.455 e. The molecule has 1 aromatic heterocycles. The molecule has 1 nitrogen and oxygen atoms in total. The summed E-state index contributed by atoms with van der Waals surface area (Å²) < 4.78 is 6.81. The molecule has 3 heteroatoms. The summed E-state index contributed by atoms with van der Waals surface area (Å²) >= 11 is 9.58. The highest BCUT2D eigenvalue weighted by Crippen LogP contribution is 2.37. The lowest BCUT2D eigenvalue weighted by Crippen LogP contribution is -1.77. The van der Waals surface area contributed by atoms with Crippen LogP contribution in [0.2, 0.25) is 5.02 Å². The lowest BCUT2D eigenvalue weighted by atomic mass is 10.1. The van der Waals surface area contributed by atoms with Gasteiger partial charge in [0, 0.05) is 15.8 Å². The summed E-state index contributed by atoms with van der Waals surface area (Å²) in [4.78, 5) is 0. The van der Waals surface area contributed by atoms with Crippen LogP contribution in [0.5, 0.6) is 0 Å². The molecule has 86 valence electrons. The first kappa shape index (κ1) is 11.1. The highest BCUT2D eigenvalue weighted by Gasteiger charge is 2.12. The summed E-state index contributed by atoms with van der Waals surface area (Å²) in [5, 5.41) is 2.90. The van der Waals surface area contributed by atoms with E-state index in [2.05, 4.69) is 41.9 Å². The van der Waals surface area contributed by atoms with Crippen molar-refractivity contribution in [2.45, 2.75) is 13.8 Å². The van der Waals surface area contributed by atoms with Crippen molar-refractivity contribution in [3.8, 4) is 0 Å². The van der Waals surface area contributed by atoms with Crippen molar-refractivity contribution in [2.75, 3.05) is 0 Å². The van der Waals surface area contributed by atoms with Gasteiger partial charge in [-0.1, -0.05) is 17.7 Å². The van der Waals surface area contributed by atoms with Crippen molar-refractivity contribution in [3.63, 3.8) is 0 Å². The molecule has 3 rings (SSSR count). The standard InChI is InChI=1S/C14H10BrClO/c1-7-3-8(2)13-10(4-7)11-5-9(16)6-12(15)14(11)17-13/h3-6H,1-2H3. The molecular formula is C14H10BrClO. The van der Waals surface area contributed by atoms with E-state index in [9.17, 15) is 0 Å². The van der Waals surface area contributed by atoms with Gasteiger partial charge in [0.2, 0.25) is 0 Å². The Bertz CT molecular complexity index is 681. The first-order chi connectivity index (χ1) is 8.06. The number of furan rings is 1. The zero-order valence-electron chi connectivity index (χ0n) is 9.47. The maximum absolute atomic E-state index is 6.09. The zero-order chi connectivity index (χ0) is 12.2. The van der Waals surface area contributed by atoms with Crippen LogP contribution in [0.4, 0.5) is 0 Å². The van der Waals surface area contributed by atoms with Gasteiger partial charge in [0.05, 0.1) is 4.47 Å². The Hall–Kier alpha value is -0.990. The molecule has 0 atom stereocenters. The molecular weight excluding hydrogens is 300 g/mol. The Morgan fingerprint density at radius 2 is 1.71 bits per heavy atom. The Kier molecular flexibility index (Phi) is 2.46. The second-order valence-electron chi connectivity index (χ2n) is 4.32. The molecule has 0 aliphatic heterocycles. The third-order valence-electron chi connectivity index (χ3n) is 2.92. The van der Waals surface area contributed by atoms with Gasteiger partial charge in [-0.05, 0) is 59.1 Å². The number of hydrogen-bond acceptors (Lipinski definition) is 1. The summed E-state index contributed by atoms with van der Waals surface area (Å²) in [6.45, 7) is 4.15. The SMILES string of the molecule is Cc1cc(C)c2oc3c(Br)cc(Cl)cc3c2c1. The van der Waals surface area contributed by atoms with Gasteiger partial charge in [-0.3, -0.25) is 0 Å². The van der Waals surface area contributed by atoms with E-state index in [1.165, 1.54) is 5.56 Å². The number of rotatable bonds is 0. The second-order valence-corrected chi connectivity index (χ2v) is 5.62. The molecule has 0 unspecified atom stereocenters. The quantitative estimate of drug-likeness (QED) is 0.525. The summed E-state index contributed by atoms with van der Waals surface area (Å²) in [5.74, 6) is 0. The molecule has 0 N–H and O–H groups in total. The van der Waals surface area contributed by atoms with Gasteiger partial charge in [-0.2, -0.15) is 0 Å². The van der Waals surface area contributed by atoms with Crippen LogP contribution < -0.4 is 0 Å². The van der Waals surface area contributed by atoms with Crippen LogP contribution in [0.15, 0.2) is 33.2 Å². The summed E-state index contributed by atoms with van der Waals surface area (Å²) in [6, 6.07) is 8.07. The Balaban J connectivity index is 2.60. The molecule has 1 heterocycles. The first-order valence-electron chi connectivity index (χ1n) is 5.35. The van der Waals surface area contributed by atoms with E-state index in [1.807, 2.05) is 12.1 Å². The van der Waals surface area contributed by atoms with Crippen LogP contribution in [0.3, 0.4) is 0 Å². The zero-order valence-corrected chi connectivity index (χ0v) is 11.8. The maximum Gasteiger partial charge on any atom is 0.149 e. The van der Waals surface area contributed by atoms with Gasteiger partial charge in [-0.15, -0.1) is 0 Å². The molecule has 0 aliphatic carbocycles. The fraction of sp³-hybridized carbons (Fsp3) is 0.143. The van der Waals surface area contributed by atoms with Crippen molar-refractivity contribution in [2.24, 2.45) is 0 Å². The van der Waals surface area contributed by atoms with Gasteiger partial charge in [0.15, 0.2) is 0 Å². The number of fused-ring (bicyclic) bond motifs is 3. The van der Waals surface area contributed by atoms with Crippen LogP contribution in [0.1, 0.15) is 11.1 Å². The van der Waals surface area contributed by atoms with Crippen molar-refractivity contribution in [1.29, 1.82) is 0 Å². The number of hydrogen-bond donors (Lipinski definition) is 0. The highest BCUT2D eigenvalue weighted by molar-refractivity contribution is 9.10. The van der Waals surface area contributed by atoms with Crippen molar-refractivity contribution < 1.29 is 4.42 Å². The average molecular weight is 310 g/mol. The molecule has 0 aliphatic rings. The van der Waals surface area contributed by atoms with E-state index in [4.69, 9.17) is 16.0 Å². The summed E-state index contributed by atoms with van der Waals surface area (Å²) in [7, 11) is 0. The van der Waals surface area contributed by atoms with Crippen LogP contribution in [-0.2, 0) is 0 Å².